The Hall–Kier alpha value is -3.33. The Morgan fingerprint density at radius 3 is 2.78 bits per heavy atom. The van der Waals surface area contributed by atoms with Crippen LogP contribution in [-0.4, -0.2) is 40.4 Å². The highest BCUT2D eigenvalue weighted by Gasteiger charge is 2.17. The molecule has 2 heterocycles. The van der Waals surface area contributed by atoms with Crippen molar-refractivity contribution >= 4 is 11.6 Å². The summed E-state index contributed by atoms with van der Waals surface area (Å²) in [5.74, 6) is 2.31. The molecule has 0 saturated carbocycles. The van der Waals surface area contributed by atoms with Crippen LogP contribution in [0.25, 0.3) is 11.3 Å². The first-order valence-corrected chi connectivity index (χ1v) is 8.49. The molecule has 3 aromatic rings. The van der Waals surface area contributed by atoms with Crippen LogP contribution in [-0.2, 0) is 0 Å². The number of methoxy groups -OCH3 is 1. The lowest BCUT2D eigenvalue weighted by Crippen LogP contribution is -2.07. The van der Waals surface area contributed by atoms with Gasteiger partial charge in [-0.1, -0.05) is 0 Å². The molecular weight excluding hydrogens is 348 g/mol. The highest BCUT2D eigenvalue weighted by molar-refractivity contribution is 5.77. The second-order valence-electron chi connectivity index (χ2n) is 5.93. The first kappa shape index (κ1) is 18.5. The van der Waals surface area contributed by atoms with Gasteiger partial charge in [0.05, 0.1) is 37.4 Å². The highest BCUT2D eigenvalue weighted by Crippen LogP contribution is 2.39. The Labute approximate surface area is 155 Å². The van der Waals surface area contributed by atoms with Gasteiger partial charge in [-0.25, -0.2) is 0 Å². The van der Waals surface area contributed by atoms with E-state index in [9.17, 15) is 4.79 Å². The fourth-order valence-corrected chi connectivity index (χ4v) is 2.62. The van der Waals surface area contributed by atoms with Gasteiger partial charge in [0.15, 0.2) is 5.82 Å². The molecule has 3 rings (SSSR count). The minimum atomic E-state index is -0.299. The summed E-state index contributed by atoms with van der Waals surface area (Å²) in [4.78, 5) is 17.8. The van der Waals surface area contributed by atoms with E-state index in [0.29, 0.717) is 42.0 Å². The fraction of sp³-hybridized carbons (Fsp3) is 0.278. The Balaban J connectivity index is 1.93. The summed E-state index contributed by atoms with van der Waals surface area (Å²) in [6, 6.07) is 5.67. The molecule has 5 N–H and O–H groups in total. The smallest absolute Gasteiger partial charge is 0.267 e. The predicted molar refractivity (Wildman–Crippen MR) is 103 cm³/mol. The molecule has 0 spiro atoms. The molecule has 0 saturated heterocycles. The summed E-state index contributed by atoms with van der Waals surface area (Å²) in [6.07, 6.45) is 3.45. The summed E-state index contributed by atoms with van der Waals surface area (Å²) >= 11 is 0. The zero-order valence-corrected chi connectivity index (χ0v) is 15.2. The van der Waals surface area contributed by atoms with Gasteiger partial charge in [0.2, 0.25) is 0 Å². The number of nitrogens with one attached hydrogen (secondary N) is 3. The molecule has 0 aliphatic rings. The summed E-state index contributed by atoms with van der Waals surface area (Å²) in [6.45, 7) is 3.03. The number of nitrogens with two attached hydrogens (primary N) is 1. The van der Waals surface area contributed by atoms with Crippen LogP contribution in [0.4, 0.5) is 11.6 Å². The van der Waals surface area contributed by atoms with Gasteiger partial charge in [0, 0.05) is 6.07 Å². The Morgan fingerprint density at radius 1 is 1.22 bits per heavy atom. The van der Waals surface area contributed by atoms with Gasteiger partial charge in [-0.3, -0.25) is 14.9 Å². The van der Waals surface area contributed by atoms with Crippen molar-refractivity contribution < 1.29 is 9.47 Å². The van der Waals surface area contributed by atoms with Crippen LogP contribution in [0.2, 0.25) is 0 Å². The predicted octanol–water partition coefficient (Wildman–Crippen LogP) is 1.95. The molecule has 27 heavy (non-hydrogen) atoms. The average Bonchev–Trinajstić information content (AvgIpc) is 3.09. The Bertz CT molecular complexity index is 966. The molecular formula is C18H22N6O3. The van der Waals surface area contributed by atoms with Crippen LogP contribution in [0.5, 0.6) is 11.5 Å². The molecule has 0 aliphatic heterocycles. The molecule has 0 amide bonds. The van der Waals surface area contributed by atoms with Gasteiger partial charge in [-0.2, -0.15) is 5.10 Å². The minimum absolute atomic E-state index is 0.299. The normalized spacial score (nSPS) is 10.6. The molecule has 0 fully saturated rings. The van der Waals surface area contributed by atoms with Crippen LogP contribution in [0.1, 0.15) is 12.0 Å². The van der Waals surface area contributed by atoms with E-state index in [1.807, 2.05) is 19.1 Å². The molecule has 2 aromatic heterocycles. The van der Waals surface area contributed by atoms with Gasteiger partial charge >= 0.3 is 0 Å². The third kappa shape index (κ3) is 4.45. The number of H-pyrrole nitrogens is 2. The van der Waals surface area contributed by atoms with Crippen LogP contribution in [0, 0.1) is 6.92 Å². The van der Waals surface area contributed by atoms with Gasteiger partial charge in [0.1, 0.15) is 17.3 Å². The van der Waals surface area contributed by atoms with E-state index < -0.39 is 0 Å². The van der Waals surface area contributed by atoms with E-state index in [2.05, 4.69) is 25.5 Å². The number of anilines is 2. The van der Waals surface area contributed by atoms with Gasteiger partial charge in [0.25, 0.3) is 5.56 Å². The largest absolute Gasteiger partial charge is 0.496 e. The van der Waals surface area contributed by atoms with Crippen molar-refractivity contribution in [2.24, 2.45) is 5.73 Å². The minimum Gasteiger partial charge on any atom is -0.496 e. The average molecular weight is 370 g/mol. The summed E-state index contributed by atoms with van der Waals surface area (Å²) < 4.78 is 11.5. The molecule has 9 nitrogen and oxygen atoms in total. The van der Waals surface area contributed by atoms with Crippen LogP contribution in [0.3, 0.4) is 0 Å². The van der Waals surface area contributed by atoms with Crippen molar-refractivity contribution in [1.29, 1.82) is 0 Å². The number of nitrogens with zero attached hydrogens (tertiary/aromatic N) is 2. The molecule has 0 bridgehead atoms. The van der Waals surface area contributed by atoms with E-state index in [4.69, 9.17) is 15.2 Å². The molecule has 0 unspecified atom stereocenters. The van der Waals surface area contributed by atoms with Gasteiger partial charge in [-0.15, -0.1) is 0 Å². The number of aromatic nitrogens is 4. The van der Waals surface area contributed by atoms with Crippen molar-refractivity contribution in [1.82, 2.24) is 20.2 Å². The van der Waals surface area contributed by atoms with Crippen LogP contribution in [0.15, 0.2) is 35.4 Å². The second kappa shape index (κ2) is 8.37. The van der Waals surface area contributed by atoms with E-state index >= 15 is 0 Å². The number of rotatable bonds is 8. The SMILES string of the molecule is COc1cc(C)cc(OCCCN)c1-c1cc(Nc2cncc(=O)[nH]2)n[nH]1. The van der Waals surface area contributed by atoms with Crippen LogP contribution >= 0.6 is 0 Å². The quantitative estimate of drug-likeness (QED) is 0.446. The van der Waals surface area contributed by atoms with E-state index in [-0.39, 0.29) is 5.56 Å². The molecule has 0 radical (unpaired) electrons. The molecule has 142 valence electrons. The maximum absolute atomic E-state index is 11.4. The molecule has 0 atom stereocenters. The van der Waals surface area contributed by atoms with Gasteiger partial charge in [-0.05, 0) is 37.6 Å². The number of benzene rings is 1. The monoisotopic (exact) mass is 370 g/mol. The van der Waals surface area contributed by atoms with Crippen LogP contribution < -0.4 is 26.1 Å². The summed E-state index contributed by atoms with van der Waals surface area (Å²) in [7, 11) is 1.61. The van der Waals surface area contributed by atoms with E-state index in [1.54, 1.807) is 13.2 Å². The first-order chi connectivity index (χ1) is 13.1. The molecule has 0 aliphatic carbocycles. The summed E-state index contributed by atoms with van der Waals surface area (Å²) in [5.41, 5.74) is 7.75. The van der Waals surface area contributed by atoms with Crippen molar-refractivity contribution in [2.45, 2.75) is 13.3 Å². The maximum atomic E-state index is 11.4. The first-order valence-electron chi connectivity index (χ1n) is 8.49. The molecule has 1 aromatic carbocycles. The van der Waals surface area contributed by atoms with Crippen molar-refractivity contribution in [3.63, 3.8) is 0 Å². The zero-order chi connectivity index (χ0) is 19.2. The topological polar surface area (TPSA) is 131 Å². The number of aryl methyl sites for hydroxylation is 1. The van der Waals surface area contributed by atoms with E-state index in [0.717, 1.165) is 17.5 Å². The number of hydrogen-bond donors (Lipinski definition) is 4. The maximum Gasteiger partial charge on any atom is 0.267 e. The number of hydrogen-bond acceptors (Lipinski definition) is 7. The highest BCUT2D eigenvalue weighted by atomic mass is 16.5. The second-order valence-corrected chi connectivity index (χ2v) is 5.93. The number of ether oxygens (including phenoxy) is 2. The van der Waals surface area contributed by atoms with Crippen molar-refractivity contribution in [3.8, 4) is 22.8 Å². The molecule has 9 heteroatoms. The number of aromatic amines is 2. The van der Waals surface area contributed by atoms with Crippen molar-refractivity contribution in [2.75, 3.05) is 25.6 Å². The lowest BCUT2D eigenvalue weighted by molar-refractivity contribution is 0.312. The fourth-order valence-electron chi connectivity index (χ4n) is 2.62. The lowest BCUT2D eigenvalue weighted by atomic mass is 10.1. The zero-order valence-electron chi connectivity index (χ0n) is 15.2. The summed E-state index contributed by atoms with van der Waals surface area (Å²) in [5, 5.41) is 10.2. The lowest BCUT2D eigenvalue weighted by Gasteiger charge is -2.15. The van der Waals surface area contributed by atoms with Gasteiger partial charge < -0.3 is 25.5 Å². The van der Waals surface area contributed by atoms with Crippen molar-refractivity contribution in [3.05, 3.63) is 46.5 Å². The third-order valence-electron chi connectivity index (χ3n) is 3.80. The Kier molecular flexibility index (Phi) is 5.72. The standard InChI is InChI=1S/C18H22N6O3/c1-11-6-13(26-2)18(14(7-11)27-5-3-4-19)12-8-15(24-23-12)21-16-9-20-10-17(25)22-16/h6-10H,3-5,19H2,1-2H3,(H3,21,22,23,24,25). The van der Waals surface area contributed by atoms with E-state index in [1.165, 1.54) is 12.4 Å². The Morgan fingerprint density at radius 2 is 2.04 bits per heavy atom. The third-order valence-corrected chi connectivity index (χ3v) is 3.80.